The SMILES string of the molecule is C/C(=C\c1ccccc1)CNC1(C(N)=O)CC1. The highest BCUT2D eigenvalue weighted by Gasteiger charge is 2.47. The topological polar surface area (TPSA) is 55.1 Å². The van der Waals surface area contributed by atoms with Crippen LogP contribution in [-0.2, 0) is 4.79 Å². The van der Waals surface area contributed by atoms with Gasteiger partial charge in [0.15, 0.2) is 0 Å². The molecule has 0 unspecified atom stereocenters. The van der Waals surface area contributed by atoms with Crippen molar-refractivity contribution in [3.63, 3.8) is 0 Å². The molecule has 1 amide bonds. The van der Waals surface area contributed by atoms with Crippen LogP contribution < -0.4 is 11.1 Å². The smallest absolute Gasteiger partial charge is 0.237 e. The molecule has 1 fully saturated rings. The fourth-order valence-electron chi connectivity index (χ4n) is 1.83. The molecule has 0 saturated heterocycles. The van der Waals surface area contributed by atoms with E-state index in [2.05, 4.69) is 30.4 Å². The normalized spacial score (nSPS) is 17.8. The highest BCUT2D eigenvalue weighted by Crippen LogP contribution is 2.34. The molecule has 0 bridgehead atoms. The maximum absolute atomic E-state index is 11.2. The largest absolute Gasteiger partial charge is 0.368 e. The zero-order valence-corrected chi connectivity index (χ0v) is 10.1. The summed E-state index contributed by atoms with van der Waals surface area (Å²) in [6.45, 7) is 2.76. The maximum Gasteiger partial charge on any atom is 0.237 e. The Morgan fingerprint density at radius 2 is 2.06 bits per heavy atom. The zero-order chi connectivity index (χ0) is 12.3. The van der Waals surface area contributed by atoms with Crippen molar-refractivity contribution in [2.24, 2.45) is 5.73 Å². The molecule has 0 aromatic heterocycles. The number of amides is 1. The molecule has 0 heterocycles. The number of hydrogen-bond donors (Lipinski definition) is 2. The molecule has 1 aromatic rings. The van der Waals surface area contributed by atoms with Crippen LogP contribution in [0.1, 0.15) is 25.3 Å². The molecular weight excluding hydrogens is 212 g/mol. The third-order valence-electron chi connectivity index (χ3n) is 3.14. The van der Waals surface area contributed by atoms with Crippen molar-refractivity contribution in [1.82, 2.24) is 5.32 Å². The summed E-state index contributed by atoms with van der Waals surface area (Å²) in [6, 6.07) is 10.1. The summed E-state index contributed by atoms with van der Waals surface area (Å²) < 4.78 is 0. The number of hydrogen-bond acceptors (Lipinski definition) is 2. The Balaban J connectivity index is 1.92. The lowest BCUT2D eigenvalue weighted by atomic mass is 10.1. The Labute approximate surface area is 102 Å². The molecule has 2 rings (SSSR count). The van der Waals surface area contributed by atoms with E-state index in [1.54, 1.807) is 0 Å². The summed E-state index contributed by atoms with van der Waals surface area (Å²) in [5, 5.41) is 3.25. The van der Waals surface area contributed by atoms with E-state index >= 15 is 0 Å². The van der Waals surface area contributed by atoms with Crippen LogP contribution in [0.25, 0.3) is 6.08 Å². The number of carbonyl (C=O) groups excluding carboxylic acids is 1. The average molecular weight is 230 g/mol. The monoisotopic (exact) mass is 230 g/mol. The summed E-state index contributed by atoms with van der Waals surface area (Å²) in [5.74, 6) is -0.231. The van der Waals surface area contributed by atoms with Crippen molar-refractivity contribution < 1.29 is 4.79 Å². The fraction of sp³-hybridized carbons (Fsp3) is 0.357. The van der Waals surface area contributed by atoms with Crippen molar-refractivity contribution in [2.45, 2.75) is 25.3 Å². The van der Waals surface area contributed by atoms with Crippen LogP contribution in [0.15, 0.2) is 35.9 Å². The number of benzene rings is 1. The molecule has 90 valence electrons. The Morgan fingerprint density at radius 1 is 1.41 bits per heavy atom. The average Bonchev–Trinajstić information content (AvgIpc) is 3.09. The van der Waals surface area contributed by atoms with Gasteiger partial charge in [-0.3, -0.25) is 10.1 Å². The van der Waals surface area contributed by atoms with E-state index in [9.17, 15) is 4.79 Å². The predicted octanol–water partition coefficient (Wildman–Crippen LogP) is 1.70. The van der Waals surface area contributed by atoms with Gasteiger partial charge in [0.1, 0.15) is 0 Å². The summed E-state index contributed by atoms with van der Waals surface area (Å²) in [5.41, 5.74) is 7.30. The second kappa shape index (κ2) is 4.72. The summed E-state index contributed by atoms with van der Waals surface area (Å²) in [7, 11) is 0. The molecule has 0 spiro atoms. The van der Waals surface area contributed by atoms with Crippen molar-refractivity contribution >= 4 is 12.0 Å². The lowest BCUT2D eigenvalue weighted by Crippen LogP contribution is -2.44. The Kier molecular flexibility index (Phi) is 3.29. The first kappa shape index (κ1) is 11.9. The van der Waals surface area contributed by atoms with Gasteiger partial charge in [0.25, 0.3) is 0 Å². The molecule has 3 N–H and O–H groups in total. The first-order chi connectivity index (χ1) is 8.12. The van der Waals surface area contributed by atoms with Gasteiger partial charge >= 0.3 is 0 Å². The highest BCUT2D eigenvalue weighted by atomic mass is 16.1. The number of carbonyl (C=O) groups is 1. The van der Waals surface area contributed by atoms with Gasteiger partial charge in [-0.25, -0.2) is 0 Å². The molecule has 0 radical (unpaired) electrons. The second-order valence-electron chi connectivity index (χ2n) is 4.70. The van der Waals surface area contributed by atoms with Crippen LogP contribution in [0.4, 0.5) is 0 Å². The third kappa shape index (κ3) is 2.94. The Hall–Kier alpha value is -1.61. The van der Waals surface area contributed by atoms with Crippen molar-refractivity contribution in [1.29, 1.82) is 0 Å². The van der Waals surface area contributed by atoms with Crippen LogP contribution in [0.5, 0.6) is 0 Å². The number of primary amides is 1. The summed E-state index contributed by atoms with van der Waals surface area (Å²) >= 11 is 0. The van der Waals surface area contributed by atoms with Crippen LogP contribution in [0.3, 0.4) is 0 Å². The molecule has 17 heavy (non-hydrogen) atoms. The minimum atomic E-state index is -0.425. The lowest BCUT2D eigenvalue weighted by molar-refractivity contribution is -0.120. The van der Waals surface area contributed by atoms with Gasteiger partial charge in [-0.05, 0) is 25.3 Å². The quantitative estimate of drug-likeness (QED) is 0.809. The van der Waals surface area contributed by atoms with E-state index in [0.29, 0.717) is 6.54 Å². The standard InChI is InChI=1S/C14H18N2O/c1-11(9-12-5-3-2-4-6-12)10-16-14(7-8-14)13(15)17/h2-6,9,16H,7-8,10H2,1H3,(H2,15,17)/b11-9+. The van der Waals surface area contributed by atoms with Gasteiger partial charge in [0, 0.05) is 6.54 Å². The van der Waals surface area contributed by atoms with Gasteiger partial charge in [-0.2, -0.15) is 0 Å². The minimum absolute atomic E-state index is 0.231. The van der Waals surface area contributed by atoms with Gasteiger partial charge < -0.3 is 5.73 Å². The van der Waals surface area contributed by atoms with Crippen LogP contribution in [-0.4, -0.2) is 18.0 Å². The molecule has 3 nitrogen and oxygen atoms in total. The van der Waals surface area contributed by atoms with E-state index in [1.165, 1.54) is 11.1 Å². The number of nitrogens with one attached hydrogen (secondary N) is 1. The predicted molar refractivity (Wildman–Crippen MR) is 69.3 cm³/mol. The Morgan fingerprint density at radius 3 is 2.59 bits per heavy atom. The first-order valence-corrected chi connectivity index (χ1v) is 5.90. The van der Waals surface area contributed by atoms with Crippen molar-refractivity contribution in [3.8, 4) is 0 Å². The van der Waals surface area contributed by atoms with Gasteiger partial charge in [0.05, 0.1) is 5.54 Å². The minimum Gasteiger partial charge on any atom is -0.368 e. The molecule has 1 aliphatic carbocycles. The van der Waals surface area contributed by atoms with Crippen LogP contribution in [0.2, 0.25) is 0 Å². The summed E-state index contributed by atoms with van der Waals surface area (Å²) in [6.07, 6.45) is 3.84. The number of rotatable bonds is 5. The fourth-order valence-corrected chi connectivity index (χ4v) is 1.83. The zero-order valence-electron chi connectivity index (χ0n) is 10.1. The van der Waals surface area contributed by atoms with E-state index in [-0.39, 0.29) is 5.91 Å². The molecule has 1 aliphatic rings. The van der Waals surface area contributed by atoms with E-state index in [1.807, 2.05) is 18.2 Å². The molecule has 3 heteroatoms. The van der Waals surface area contributed by atoms with E-state index in [0.717, 1.165) is 12.8 Å². The van der Waals surface area contributed by atoms with Crippen molar-refractivity contribution in [3.05, 3.63) is 41.5 Å². The third-order valence-corrected chi connectivity index (χ3v) is 3.14. The van der Waals surface area contributed by atoms with Crippen molar-refractivity contribution in [2.75, 3.05) is 6.54 Å². The van der Waals surface area contributed by atoms with E-state index in [4.69, 9.17) is 5.73 Å². The number of nitrogens with two attached hydrogens (primary N) is 1. The van der Waals surface area contributed by atoms with E-state index < -0.39 is 5.54 Å². The van der Waals surface area contributed by atoms with Gasteiger partial charge in [-0.1, -0.05) is 42.0 Å². The second-order valence-corrected chi connectivity index (χ2v) is 4.70. The molecular formula is C14H18N2O. The maximum atomic E-state index is 11.2. The molecule has 0 aliphatic heterocycles. The molecule has 0 atom stereocenters. The van der Waals surface area contributed by atoms with Gasteiger partial charge in [-0.15, -0.1) is 0 Å². The molecule has 1 saturated carbocycles. The lowest BCUT2D eigenvalue weighted by Gasteiger charge is -2.13. The van der Waals surface area contributed by atoms with Crippen LogP contribution >= 0.6 is 0 Å². The Bertz CT molecular complexity index is 433. The summed E-state index contributed by atoms with van der Waals surface area (Å²) in [4.78, 5) is 11.2. The molecule has 1 aromatic carbocycles. The highest BCUT2D eigenvalue weighted by molar-refractivity contribution is 5.87. The first-order valence-electron chi connectivity index (χ1n) is 5.90. The van der Waals surface area contributed by atoms with Crippen LogP contribution in [0, 0.1) is 0 Å². The van der Waals surface area contributed by atoms with Gasteiger partial charge in [0.2, 0.25) is 5.91 Å².